The first-order valence-corrected chi connectivity index (χ1v) is 9.20. The number of rotatable bonds is 4. The van der Waals surface area contributed by atoms with Gasteiger partial charge in [0, 0.05) is 23.1 Å². The second-order valence-electron chi connectivity index (χ2n) is 8.36. The molecule has 0 spiro atoms. The van der Waals surface area contributed by atoms with Crippen LogP contribution in [-0.4, -0.2) is 23.5 Å². The van der Waals surface area contributed by atoms with Gasteiger partial charge in [-0.25, -0.2) is 4.79 Å². The predicted octanol–water partition coefficient (Wildman–Crippen LogP) is 3.69. The summed E-state index contributed by atoms with van der Waals surface area (Å²) in [6.45, 7) is 7.44. The Morgan fingerprint density at radius 3 is 2.71 bits per heavy atom. The highest BCUT2D eigenvalue weighted by molar-refractivity contribution is 5.95. The van der Waals surface area contributed by atoms with E-state index in [4.69, 9.17) is 0 Å². The standard InChI is InChI=1S/C20H29NO3/c1-13-7-10-20(3)15(18(23)24)5-4-6-16(20)19(13,2)11-8-14-9-12-21-17(14)22/h5,9,13,16H,4,6-8,10-12H2,1-3H3,(H,21,22)(H,23,24)/t13-,16-,19+,20+/m0/s1. The molecule has 1 saturated carbocycles. The zero-order valence-corrected chi connectivity index (χ0v) is 15.0. The van der Waals surface area contributed by atoms with E-state index >= 15 is 0 Å². The van der Waals surface area contributed by atoms with Crippen molar-refractivity contribution in [1.29, 1.82) is 0 Å². The lowest BCUT2D eigenvalue weighted by Crippen LogP contribution is -2.51. The molecule has 2 aliphatic carbocycles. The average molecular weight is 331 g/mol. The van der Waals surface area contributed by atoms with Crippen molar-refractivity contribution in [2.75, 3.05) is 6.54 Å². The second kappa shape index (κ2) is 6.05. The molecule has 1 amide bonds. The molecule has 0 unspecified atom stereocenters. The van der Waals surface area contributed by atoms with Crippen molar-refractivity contribution in [3.05, 3.63) is 23.3 Å². The Kier molecular flexibility index (Phi) is 4.35. The van der Waals surface area contributed by atoms with Crippen molar-refractivity contribution in [3.8, 4) is 0 Å². The summed E-state index contributed by atoms with van der Waals surface area (Å²) in [7, 11) is 0. The first-order valence-electron chi connectivity index (χ1n) is 9.20. The van der Waals surface area contributed by atoms with Gasteiger partial charge in [0.1, 0.15) is 0 Å². The molecule has 2 N–H and O–H groups in total. The number of hydrogen-bond acceptors (Lipinski definition) is 2. The Balaban J connectivity index is 1.87. The Bertz CT molecular complexity index is 620. The van der Waals surface area contributed by atoms with Crippen LogP contribution in [0.5, 0.6) is 0 Å². The molecule has 0 aromatic rings. The highest BCUT2D eigenvalue weighted by Crippen LogP contribution is 2.62. The van der Waals surface area contributed by atoms with Crippen LogP contribution in [0.4, 0.5) is 0 Å². The van der Waals surface area contributed by atoms with Gasteiger partial charge < -0.3 is 10.4 Å². The molecule has 4 nitrogen and oxygen atoms in total. The first-order chi connectivity index (χ1) is 11.3. The molecule has 4 heteroatoms. The van der Waals surface area contributed by atoms with Gasteiger partial charge in [0.25, 0.3) is 0 Å². The van der Waals surface area contributed by atoms with Gasteiger partial charge in [-0.3, -0.25) is 4.79 Å². The maximum Gasteiger partial charge on any atom is 0.331 e. The molecule has 3 rings (SSSR count). The quantitative estimate of drug-likeness (QED) is 0.825. The van der Waals surface area contributed by atoms with Gasteiger partial charge >= 0.3 is 5.97 Å². The molecule has 0 aromatic carbocycles. The number of amides is 1. The number of hydrogen-bond donors (Lipinski definition) is 2. The minimum absolute atomic E-state index is 0.0691. The molecular weight excluding hydrogens is 302 g/mol. The van der Waals surface area contributed by atoms with Gasteiger partial charge in [0.15, 0.2) is 0 Å². The van der Waals surface area contributed by atoms with E-state index in [9.17, 15) is 14.7 Å². The molecule has 1 fully saturated rings. The summed E-state index contributed by atoms with van der Waals surface area (Å²) in [6, 6.07) is 0. The maximum atomic E-state index is 11.9. The lowest BCUT2D eigenvalue weighted by molar-refractivity contribution is -0.137. The van der Waals surface area contributed by atoms with Crippen LogP contribution in [-0.2, 0) is 9.59 Å². The maximum absolute atomic E-state index is 11.9. The fraction of sp³-hybridized carbons (Fsp3) is 0.700. The minimum atomic E-state index is -0.753. The molecule has 1 aliphatic heterocycles. The fourth-order valence-electron chi connectivity index (χ4n) is 5.53. The summed E-state index contributed by atoms with van der Waals surface area (Å²) in [5, 5.41) is 12.5. The lowest BCUT2D eigenvalue weighted by atomic mass is 9.46. The minimum Gasteiger partial charge on any atom is -0.478 e. The van der Waals surface area contributed by atoms with Gasteiger partial charge in [0.2, 0.25) is 5.91 Å². The average Bonchev–Trinajstić information content (AvgIpc) is 2.94. The fourth-order valence-corrected chi connectivity index (χ4v) is 5.53. The lowest BCUT2D eigenvalue weighted by Gasteiger charge is -2.57. The van der Waals surface area contributed by atoms with Crippen molar-refractivity contribution >= 4 is 11.9 Å². The Labute approximate surface area is 144 Å². The summed E-state index contributed by atoms with van der Waals surface area (Å²) < 4.78 is 0. The largest absolute Gasteiger partial charge is 0.478 e. The predicted molar refractivity (Wildman–Crippen MR) is 93.4 cm³/mol. The summed E-state index contributed by atoms with van der Waals surface area (Å²) in [4.78, 5) is 23.6. The van der Waals surface area contributed by atoms with E-state index in [0.717, 1.165) is 44.1 Å². The highest BCUT2D eigenvalue weighted by atomic mass is 16.4. The van der Waals surface area contributed by atoms with E-state index in [0.29, 0.717) is 24.0 Å². The van der Waals surface area contributed by atoms with Crippen LogP contribution in [0.15, 0.2) is 23.3 Å². The second-order valence-corrected chi connectivity index (χ2v) is 8.36. The number of carboxylic acids is 1. The van der Waals surface area contributed by atoms with Gasteiger partial charge in [-0.05, 0) is 55.8 Å². The molecule has 24 heavy (non-hydrogen) atoms. The molecule has 0 aromatic heterocycles. The van der Waals surface area contributed by atoms with E-state index in [1.165, 1.54) is 0 Å². The number of aliphatic carboxylic acids is 1. The normalized spacial score (nSPS) is 38.9. The van der Waals surface area contributed by atoms with E-state index in [1.807, 2.05) is 12.2 Å². The summed E-state index contributed by atoms with van der Waals surface area (Å²) in [5.41, 5.74) is 1.36. The summed E-state index contributed by atoms with van der Waals surface area (Å²) >= 11 is 0. The van der Waals surface area contributed by atoms with Crippen molar-refractivity contribution in [3.63, 3.8) is 0 Å². The van der Waals surface area contributed by atoms with Crippen LogP contribution in [0, 0.1) is 22.7 Å². The van der Waals surface area contributed by atoms with Crippen LogP contribution >= 0.6 is 0 Å². The number of nitrogens with one attached hydrogen (secondary N) is 1. The van der Waals surface area contributed by atoms with Crippen LogP contribution < -0.4 is 5.32 Å². The molecule has 0 bridgehead atoms. The van der Waals surface area contributed by atoms with Crippen molar-refractivity contribution in [2.45, 2.75) is 59.3 Å². The number of carboxylic acid groups (broad SMARTS) is 1. The van der Waals surface area contributed by atoms with Crippen LogP contribution in [0.2, 0.25) is 0 Å². The smallest absolute Gasteiger partial charge is 0.331 e. The third-order valence-corrected chi connectivity index (χ3v) is 7.27. The topological polar surface area (TPSA) is 66.4 Å². The van der Waals surface area contributed by atoms with E-state index in [-0.39, 0.29) is 16.7 Å². The van der Waals surface area contributed by atoms with Crippen LogP contribution in [0.25, 0.3) is 0 Å². The third kappa shape index (κ3) is 2.60. The van der Waals surface area contributed by atoms with Gasteiger partial charge in [-0.1, -0.05) is 32.9 Å². The van der Waals surface area contributed by atoms with Gasteiger partial charge in [-0.2, -0.15) is 0 Å². The zero-order chi connectivity index (χ0) is 17.5. The van der Waals surface area contributed by atoms with Gasteiger partial charge in [-0.15, -0.1) is 0 Å². The number of allylic oxidation sites excluding steroid dienone is 1. The molecule has 132 valence electrons. The molecule has 0 radical (unpaired) electrons. The van der Waals surface area contributed by atoms with Crippen molar-refractivity contribution in [2.24, 2.45) is 22.7 Å². The molecule has 4 atom stereocenters. The van der Waals surface area contributed by atoms with E-state index in [2.05, 4.69) is 26.1 Å². The first kappa shape index (κ1) is 17.2. The zero-order valence-electron chi connectivity index (χ0n) is 15.0. The Hall–Kier alpha value is -1.58. The van der Waals surface area contributed by atoms with Crippen LogP contribution in [0.3, 0.4) is 0 Å². The molecule has 0 saturated heterocycles. The van der Waals surface area contributed by atoms with E-state index < -0.39 is 5.97 Å². The molecule has 1 heterocycles. The van der Waals surface area contributed by atoms with Crippen molar-refractivity contribution in [1.82, 2.24) is 5.32 Å². The Morgan fingerprint density at radius 2 is 2.08 bits per heavy atom. The molecular formula is C20H29NO3. The SMILES string of the molecule is C[C@H]1CC[C@]2(C)C(C(=O)O)=CCC[C@H]2[C@]1(C)CCC1=CCNC1=O. The number of carbonyl (C=O) groups is 2. The summed E-state index contributed by atoms with van der Waals surface area (Å²) in [5.74, 6) is 0.236. The monoisotopic (exact) mass is 331 g/mol. The van der Waals surface area contributed by atoms with Gasteiger partial charge in [0.05, 0.1) is 0 Å². The highest BCUT2D eigenvalue weighted by Gasteiger charge is 2.55. The molecule has 3 aliphatic rings. The summed E-state index contributed by atoms with van der Waals surface area (Å²) in [6.07, 6.45) is 9.62. The van der Waals surface area contributed by atoms with E-state index in [1.54, 1.807) is 0 Å². The third-order valence-electron chi connectivity index (χ3n) is 7.27. The number of fused-ring (bicyclic) bond motifs is 1. The Morgan fingerprint density at radius 1 is 1.33 bits per heavy atom. The number of carbonyl (C=O) groups excluding carboxylic acids is 1. The van der Waals surface area contributed by atoms with Crippen molar-refractivity contribution < 1.29 is 14.7 Å². The van der Waals surface area contributed by atoms with Crippen LogP contribution in [0.1, 0.15) is 59.3 Å².